The summed E-state index contributed by atoms with van der Waals surface area (Å²) < 4.78 is 10.7. The van der Waals surface area contributed by atoms with Gasteiger partial charge in [0.1, 0.15) is 16.5 Å². The third kappa shape index (κ3) is 4.42. The van der Waals surface area contributed by atoms with Crippen molar-refractivity contribution in [2.45, 2.75) is 32.8 Å². The predicted molar refractivity (Wildman–Crippen MR) is 85.6 cm³/mol. The van der Waals surface area contributed by atoms with E-state index >= 15 is 0 Å². The summed E-state index contributed by atoms with van der Waals surface area (Å²) in [7, 11) is 1.60. The number of nitrogens with one attached hydrogen (secondary N) is 1. The number of carbonyl (C=O) groups is 1. The van der Waals surface area contributed by atoms with Gasteiger partial charge in [-0.3, -0.25) is 10.1 Å². The second-order valence-corrected chi connectivity index (χ2v) is 5.74. The van der Waals surface area contributed by atoms with Crippen molar-refractivity contribution in [1.29, 1.82) is 0 Å². The smallest absolute Gasteiger partial charge is 0.266 e. The number of ether oxygens (including phenoxy) is 2. The van der Waals surface area contributed by atoms with Gasteiger partial charge < -0.3 is 9.47 Å². The quantitative estimate of drug-likeness (QED) is 0.849. The number of hydrogen-bond acceptors (Lipinski definition) is 6. The van der Waals surface area contributed by atoms with Gasteiger partial charge >= 0.3 is 0 Å². The number of carbonyl (C=O) groups excluding carboxylic acids is 1. The summed E-state index contributed by atoms with van der Waals surface area (Å²) in [5, 5.41) is 12.1. The lowest BCUT2D eigenvalue weighted by Crippen LogP contribution is -2.30. The number of methoxy groups -OCH3 is 1. The van der Waals surface area contributed by atoms with Gasteiger partial charge in [-0.15, -0.1) is 10.2 Å². The van der Waals surface area contributed by atoms with Gasteiger partial charge in [0.05, 0.1) is 7.11 Å². The Morgan fingerprint density at radius 3 is 2.59 bits per heavy atom. The van der Waals surface area contributed by atoms with Crippen LogP contribution in [0.2, 0.25) is 0 Å². The molecule has 0 fully saturated rings. The fourth-order valence-corrected chi connectivity index (χ4v) is 2.58. The lowest BCUT2D eigenvalue weighted by atomic mass is 10.3. The van der Waals surface area contributed by atoms with Crippen LogP contribution in [0.5, 0.6) is 11.5 Å². The summed E-state index contributed by atoms with van der Waals surface area (Å²) >= 11 is 1.39. The zero-order valence-corrected chi connectivity index (χ0v) is 13.6. The second kappa shape index (κ2) is 7.74. The molecule has 0 unspecified atom stereocenters. The summed E-state index contributed by atoms with van der Waals surface area (Å²) in [5.41, 5.74) is 0. The van der Waals surface area contributed by atoms with E-state index in [0.29, 0.717) is 10.9 Å². The summed E-state index contributed by atoms with van der Waals surface area (Å²) in [6.07, 6.45) is 1.23. The van der Waals surface area contributed by atoms with E-state index in [0.717, 1.165) is 23.6 Å². The molecule has 0 aliphatic rings. The molecule has 0 radical (unpaired) electrons. The molecule has 0 saturated heterocycles. The van der Waals surface area contributed by atoms with Crippen LogP contribution in [0.15, 0.2) is 24.3 Å². The number of aromatic nitrogens is 2. The highest BCUT2D eigenvalue weighted by Gasteiger charge is 2.17. The first-order valence-corrected chi connectivity index (χ1v) is 7.88. The average molecular weight is 321 g/mol. The van der Waals surface area contributed by atoms with Gasteiger partial charge in [0, 0.05) is 6.42 Å². The van der Waals surface area contributed by atoms with Crippen LogP contribution in [0, 0.1) is 0 Å². The highest BCUT2D eigenvalue weighted by molar-refractivity contribution is 7.15. The van der Waals surface area contributed by atoms with Crippen LogP contribution in [-0.4, -0.2) is 29.3 Å². The molecule has 118 valence electrons. The zero-order valence-electron chi connectivity index (χ0n) is 12.8. The molecule has 1 amide bonds. The Morgan fingerprint density at radius 2 is 1.95 bits per heavy atom. The Morgan fingerprint density at radius 1 is 1.27 bits per heavy atom. The minimum absolute atomic E-state index is 0.255. The molecule has 7 heteroatoms. The normalized spacial score (nSPS) is 11.8. The van der Waals surface area contributed by atoms with E-state index in [1.165, 1.54) is 11.3 Å². The van der Waals surface area contributed by atoms with Crippen LogP contribution in [0.1, 0.15) is 25.3 Å². The summed E-state index contributed by atoms with van der Waals surface area (Å²) in [6, 6.07) is 7.07. The van der Waals surface area contributed by atoms with Crippen molar-refractivity contribution >= 4 is 22.4 Å². The van der Waals surface area contributed by atoms with E-state index in [2.05, 4.69) is 22.4 Å². The molecular weight excluding hydrogens is 302 g/mol. The van der Waals surface area contributed by atoms with Gasteiger partial charge in [0.25, 0.3) is 5.91 Å². The standard InChI is InChI=1S/C15H19N3O3S/c1-4-5-13-17-18-15(22-13)16-14(19)10(2)21-12-8-6-11(20-3)7-9-12/h6-10H,4-5H2,1-3H3,(H,16,18,19)/t10-/m1/s1. The molecule has 0 bridgehead atoms. The van der Waals surface area contributed by atoms with Crippen molar-refractivity contribution in [3.05, 3.63) is 29.3 Å². The lowest BCUT2D eigenvalue weighted by Gasteiger charge is -2.13. The van der Waals surface area contributed by atoms with E-state index < -0.39 is 6.10 Å². The number of hydrogen-bond donors (Lipinski definition) is 1. The van der Waals surface area contributed by atoms with E-state index in [1.807, 2.05) is 0 Å². The third-order valence-electron chi connectivity index (χ3n) is 2.90. The summed E-state index contributed by atoms with van der Waals surface area (Å²) in [5.74, 6) is 1.09. The first-order valence-electron chi connectivity index (χ1n) is 7.06. The fraction of sp³-hybridized carbons (Fsp3) is 0.400. The van der Waals surface area contributed by atoms with Crippen LogP contribution in [-0.2, 0) is 11.2 Å². The number of nitrogens with zero attached hydrogens (tertiary/aromatic N) is 2. The molecule has 0 spiro atoms. The number of amides is 1. The Kier molecular flexibility index (Phi) is 5.71. The van der Waals surface area contributed by atoms with Crippen LogP contribution >= 0.6 is 11.3 Å². The molecule has 0 aliphatic heterocycles. The molecule has 1 aromatic heterocycles. The lowest BCUT2D eigenvalue weighted by molar-refractivity contribution is -0.122. The average Bonchev–Trinajstić information content (AvgIpc) is 2.95. The Bertz CT molecular complexity index is 613. The topological polar surface area (TPSA) is 73.3 Å². The molecule has 6 nitrogen and oxygen atoms in total. The van der Waals surface area contributed by atoms with E-state index in [4.69, 9.17) is 9.47 Å². The second-order valence-electron chi connectivity index (χ2n) is 4.68. The van der Waals surface area contributed by atoms with Gasteiger partial charge in [0.15, 0.2) is 6.10 Å². The van der Waals surface area contributed by atoms with E-state index in [9.17, 15) is 4.79 Å². The van der Waals surface area contributed by atoms with Gasteiger partial charge in [-0.1, -0.05) is 18.3 Å². The molecule has 22 heavy (non-hydrogen) atoms. The Hall–Kier alpha value is -2.15. The van der Waals surface area contributed by atoms with Gasteiger partial charge in [-0.05, 0) is 37.6 Å². The van der Waals surface area contributed by atoms with Crippen molar-refractivity contribution in [1.82, 2.24) is 10.2 Å². The number of aryl methyl sites for hydroxylation is 1. The van der Waals surface area contributed by atoms with Crippen LogP contribution in [0.3, 0.4) is 0 Å². The zero-order chi connectivity index (χ0) is 15.9. The highest BCUT2D eigenvalue weighted by atomic mass is 32.1. The molecule has 0 saturated carbocycles. The molecule has 1 aromatic carbocycles. The SMILES string of the molecule is CCCc1nnc(NC(=O)[C@@H](C)Oc2ccc(OC)cc2)s1. The van der Waals surface area contributed by atoms with Crippen molar-refractivity contribution in [3.63, 3.8) is 0 Å². The van der Waals surface area contributed by atoms with Crippen molar-refractivity contribution < 1.29 is 14.3 Å². The Balaban J connectivity index is 1.90. The third-order valence-corrected chi connectivity index (χ3v) is 3.80. The minimum Gasteiger partial charge on any atom is -0.497 e. The maximum absolute atomic E-state index is 12.1. The number of benzene rings is 1. The molecule has 2 aromatic rings. The largest absolute Gasteiger partial charge is 0.497 e. The maximum atomic E-state index is 12.1. The minimum atomic E-state index is -0.632. The number of anilines is 1. The van der Waals surface area contributed by atoms with Gasteiger partial charge in [-0.2, -0.15) is 0 Å². The fourth-order valence-electron chi connectivity index (χ4n) is 1.74. The van der Waals surface area contributed by atoms with Crippen LogP contribution < -0.4 is 14.8 Å². The van der Waals surface area contributed by atoms with E-state index in [1.54, 1.807) is 38.3 Å². The first kappa shape index (κ1) is 16.2. The van der Waals surface area contributed by atoms with E-state index in [-0.39, 0.29) is 5.91 Å². The number of rotatable bonds is 7. The molecule has 2 rings (SSSR count). The predicted octanol–water partition coefficient (Wildman–Crippen LogP) is 2.91. The molecule has 1 heterocycles. The monoisotopic (exact) mass is 321 g/mol. The molecule has 0 aliphatic carbocycles. The van der Waals surface area contributed by atoms with Crippen molar-refractivity contribution in [2.75, 3.05) is 12.4 Å². The maximum Gasteiger partial charge on any atom is 0.266 e. The van der Waals surface area contributed by atoms with Gasteiger partial charge in [-0.25, -0.2) is 0 Å². The molecular formula is C15H19N3O3S. The first-order chi connectivity index (χ1) is 10.6. The van der Waals surface area contributed by atoms with Gasteiger partial charge in [0.2, 0.25) is 5.13 Å². The summed E-state index contributed by atoms with van der Waals surface area (Å²) in [6.45, 7) is 3.76. The molecule has 1 N–H and O–H groups in total. The Labute approximate surface area is 133 Å². The van der Waals surface area contributed by atoms with Crippen molar-refractivity contribution in [2.24, 2.45) is 0 Å². The van der Waals surface area contributed by atoms with Crippen LogP contribution in [0.4, 0.5) is 5.13 Å². The highest BCUT2D eigenvalue weighted by Crippen LogP contribution is 2.20. The summed E-state index contributed by atoms with van der Waals surface area (Å²) in [4.78, 5) is 12.1. The molecule has 1 atom stereocenters. The van der Waals surface area contributed by atoms with Crippen molar-refractivity contribution in [3.8, 4) is 11.5 Å². The van der Waals surface area contributed by atoms with Crippen LogP contribution in [0.25, 0.3) is 0 Å².